The van der Waals surface area contributed by atoms with Gasteiger partial charge < -0.3 is 5.32 Å². The molecule has 0 heterocycles. The van der Waals surface area contributed by atoms with Crippen LogP contribution in [0.15, 0.2) is 42.5 Å². The number of benzene rings is 2. The number of nitriles is 1. The average Bonchev–Trinajstić information content (AvgIpc) is 2.92. The molecule has 0 aliphatic heterocycles. The third-order valence-corrected chi connectivity index (χ3v) is 5.12. The molecule has 1 amide bonds. The van der Waals surface area contributed by atoms with E-state index in [9.17, 15) is 10.1 Å². The molecular formula is C22H24N2O. The Labute approximate surface area is 149 Å². The second-order valence-corrected chi connectivity index (χ2v) is 6.56. The van der Waals surface area contributed by atoms with Gasteiger partial charge in [-0.2, -0.15) is 5.26 Å². The van der Waals surface area contributed by atoms with Crippen LogP contribution in [0.25, 0.3) is 11.1 Å². The number of nitrogens with zero attached hydrogens (tertiary/aromatic N) is 1. The molecule has 0 bridgehead atoms. The highest BCUT2D eigenvalue weighted by atomic mass is 16.2. The lowest BCUT2D eigenvalue weighted by molar-refractivity contribution is -0.125. The van der Waals surface area contributed by atoms with Crippen molar-refractivity contribution in [1.82, 2.24) is 5.32 Å². The van der Waals surface area contributed by atoms with Crippen molar-refractivity contribution in [2.45, 2.75) is 44.9 Å². The number of nitrogens with one attached hydrogen (secondary N) is 1. The van der Waals surface area contributed by atoms with E-state index in [4.69, 9.17) is 0 Å². The maximum absolute atomic E-state index is 13.2. The van der Waals surface area contributed by atoms with Gasteiger partial charge in [0, 0.05) is 13.0 Å². The predicted octanol–water partition coefficient (Wildman–Crippen LogP) is 4.35. The van der Waals surface area contributed by atoms with Crippen molar-refractivity contribution < 1.29 is 4.79 Å². The minimum Gasteiger partial charge on any atom is -0.355 e. The number of amides is 1. The molecule has 3 heteroatoms. The van der Waals surface area contributed by atoms with E-state index in [0.29, 0.717) is 19.4 Å². The molecule has 128 valence electrons. The highest BCUT2D eigenvalue weighted by molar-refractivity contribution is 6.01. The van der Waals surface area contributed by atoms with Crippen LogP contribution in [-0.4, -0.2) is 12.5 Å². The third kappa shape index (κ3) is 2.62. The highest BCUT2D eigenvalue weighted by Gasteiger charge is 2.48. The smallest absolute Gasteiger partial charge is 0.235 e. The minimum atomic E-state index is -0.762. The van der Waals surface area contributed by atoms with Crippen LogP contribution in [0, 0.1) is 11.3 Å². The van der Waals surface area contributed by atoms with Gasteiger partial charge in [-0.05, 0) is 47.6 Å². The van der Waals surface area contributed by atoms with Gasteiger partial charge in [0.05, 0.1) is 6.07 Å². The Kier molecular flexibility index (Phi) is 4.90. The van der Waals surface area contributed by atoms with Gasteiger partial charge in [-0.3, -0.25) is 4.79 Å². The summed E-state index contributed by atoms with van der Waals surface area (Å²) in [4.78, 5) is 13.2. The van der Waals surface area contributed by atoms with Crippen molar-refractivity contribution in [2.24, 2.45) is 0 Å². The number of hydrogen-bond donors (Lipinski definition) is 1. The quantitative estimate of drug-likeness (QED) is 0.855. The van der Waals surface area contributed by atoms with Gasteiger partial charge in [0.15, 0.2) is 0 Å². The zero-order chi connectivity index (χ0) is 17.9. The topological polar surface area (TPSA) is 52.9 Å². The van der Waals surface area contributed by atoms with Crippen molar-refractivity contribution in [1.29, 1.82) is 5.26 Å². The Bertz CT molecular complexity index is 834. The zero-order valence-electron chi connectivity index (χ0n) is 14.9. The van der Waals surface area contributed by atoms with Gasteiger partial charge >= 0.3 is 0 Å². The summed E-state index contributed by atoms with van der Waals surface area (Å²) in [5, 5.41) is 12.2. The molecule has 3 rings (SSSR count). The van der Waals surface area contributed by atoms with Gasteiger partial charge in [0.2, 0.25) is 5.91 Å². The van der Waals surface area contributed by atoms with Crippen molar-refractivity contribution >= 4 is 5.91 Å². The van der Waals surface area contributed by atoms with Crippen LogP contribution >= 0.6 is 0 Å². The summed E-state index contributed by atoms with van der Waals surface area (Å²) < 4.78 is 0. The molecule has 1 atom stereocenters. The largest absolute Gasteiger partial charge is 0.355 e. The molecule has 0 radical (unpaired) electrons. The maximum atomic E-state index is 13.2. The number of carbonyl (C=O) groups excluding carboxylic acids is 1. The minimum absolute atomic E-state index is 0.00472. The lowest BCUT2D eigenvalue weighted by atomic mass is 9.73. The Morgan fingerprint density at radius 3 is 2.60 bits per heavy atom. The molecule has 0 fully saturated rings. The van der Waals surface area contributed by atoms with Crippen LogP contribution in [0.3, 0.4) is 0 Å². The molecule has 0 spiro atoms. The predicted molar refractivity (Wildman–Crippen MR) is 100 cm³/mol. The summed E-state index contributed by atoms with van der Waals surface area (Å²) >= 11 is 0. The molecule has 2 aromatic rings. The van der Waals surface area contributed by atoms with Crippen molar-refractivity contribution in [3.05, 3.63) is 59.2 Å². The fourth-order valence-electron chi connectivity index (χ4n) is 4.15. The first-order chi connectivity index (χ1) is 12.2. The maximum Gasteiger partial charge on any atom is 0.235 e. The van der Waals surface area contributed by atoms with Gasteiger partial charge in [0.1, 0.15) is 5.41 Å². The Morgan fingerprint density at radius 1 is 1.12 bits per heavy atom. The first kappa shape index (κ1) is 17.2. The van der Waals surface area contributed by atoms with E-state index >= 15 is 0 Å². The lowest BCUT2D eigenvalue weighted by Gasteiger charge is -2.30. The van der Waals surface area contributed by atoms with E-state index in [1.165, 1.54) is 11.1 Å². The van der Waals surface area contributed by atoms with Gasteiger partial charge in [0.25, 0.3) is 0 Å². The molecule has 0 aromatic heterocycles. The van der Waals surface area contributed by atoms with Crippen LogP contribution in [-0.2, 0) is 16.6 Å². The summed E-state index contributed by atoms with van der Waals surface area (Å²) in [7, 11) is 0. The van der Waals surface area contributed by atoms with Crippen LogP contribution in [0.4, 0.5) is 0 Å². The molecular weight excluding hydrogens is 308 g/mol. The standard InChI is InChI=1S/C22H24N2O/c1-3-9-16-10-7-13-19-20(16)17-11-5-6-12-18(17)22(19,14-8-15-23)21(25)24-4-2/h5-7,10-13H,3-4,8-9,14H2,1-2H3,(H,24,25). The molecule has 2 aromatic carbocycles. The van der Waals surface area contributed by atoms with Crippen LogP contribution in [0.2, 0.25) is 0 Å². The Balaban J connectivity index is 2.31. The normalized spacial score (nSPS) is 17.5. The van der Waals surface area contributed by atoms with Crippen LogP contribution < -0.4 is 5.32 Å². The Hall–Kier alpha value is -2.60. The number of rotatable bonds is 6. The van der Waals surface area contributed by atoms with E-state index in [2.05, 4.69) is 48.6 Å². The molecule has 0 saturated carbocycles. The third-order valence-electron chi connectivity index (χ3n) is 5.12. The SMILES string of the molecule is CCCc1cccc2c1-c1ccccc1C2(CCC#N)C(=O)NCC. The van der Waals surface area contributed by atoms with E-state index in [1.54, 1.807) is 0 Å². The summed E-state index contributed by atoms with van der Waals surface area (Å²) in [6.07, 6.45) is 2.91. The summed E-state index contributed by atoms with van der Waals surface area (Å²) in [5.74, 6) is 0.00472. The zero-order valence-corrected chi connectivity index (χ0v) is 14.9. The van der Waals surface area contributed by atoms with E-state index in [0.717, 1.165) is 29.5 Å². The summed E-state index contributed by atoms with van der Waals surface area (Å²) in [5.41, 5.74) is 4.96. The number of likely N-dealkylation sites (N-methyl/N-ethyl adjacent to an activating group) is 1. The van der Waals surface area contributed by atoms with Crippen molar-refractivity contribution in [3.8, 4) is 17.2 Å². The van der Waals surface area contributed by atoms with Crippen molar-refractivity contribution in [2.75, 3.05) is 6.54 Å². The van der Waals surface area contributed by atoms with E-state index in [-0.39, 0.29) is 5.91 Å². The van der Waals surface area contributed by atoms with Crippen molar-refractivity contribution in [3.63, 3.8) is 0 Å². The average molecular weight is 332 g/mol. The molecule has 1 aliphatic rings. The first-order valence-corrected chi connectivity index (χ1v) is 9.08. The monoisotopic (exact) mass is 332 g/mol. The van der Waals surface area contributed by atoms with Crippen LogP contribution in [0.5, 0.6) is 0 Å². The first-order valence-electron chi connectivity index (χ1n) is 9.08. The van der Waals surface area contributed by atoms with E-state index < -0.39 is 5.41 Å². The number of fused-ring (bicyclic) bond motifs is 3. The molecule has 1 aliphatic carbocycles. The molecule has 1 unspecified atom stereocenters. The number of hydrogen-bond acceptors (Lipinski definition) is 2. The fourth-order valence-corrected chi connectivity index (χ4v) is 4.15. The number of carbonyl (C=O) groups is 1. The van der Waals surface area contributed by atoms with E-state index in [1.807, 2.05) is 19.1 Å². The highest BCUT2D eigenvalue weighted by Crippen LogP contribution is 2.52. The second-order valence-electron chi connectivity index (χ2n) is 6.56. The molecule has 3 nitrogen and oxygen atoms in total. The number of aryl methyl sites for hydroxylation is 1. The summed E-state index contributed by atoms with van der Waals surface area (Å²) in [6, 6.07) is 16.7. The van der Waals surface area contributed by atoms with Gasteiger partial charge in [-0.1, -0.05) is 55.8 Å². The molecule has 1 N–H and O–H groups in total. The Morgan fingerprint density at radius 2 is 1.88 bits per heavy atom. The lowest BCUT2D eigenvalue weighted by Crippen LogP contribution is -2.44. The van der Waals surface area contributed by atoms with Gasteiger partial charge in [-0.15, -0.1) is 0 Å². The molecule has 0 saturated heterocycles. The second kappa shape index (κ2) is 7.11. The van der Waals surface area contributed by atoms with Crippen LogP contribution in [0.1, 0.15) is 49.8 Å². The molecule has 25 heavy (non-hydrogen) atoms. The fraction of sp³-hybridized carbons (Fsp3) is 0.364. The summed E-state index contributed by atoms with van der Waals surface area (Å²) in [6.45, 7) is 4.69. The van der Waals surface area contributed by atoms with Gasteiger partial charge in [-0.25, -0.2) is 0 Å².